The SMILES string of the molecule is CN(C)c1ncccc1NS(=O)(=O)Cc1ccc(F)cc1. The molecule has 5 nitrogen and oxygen atoms in total. The molecule has 0 aliphatic carbocycles. The standard InChI is InChI=1S/C14H16FN3O2S/c1-18(2)14-13(4-3-9-16-14)17-21(19,20)10-11-5-7-12(15)8-6-11/h3-9,17H,10H2,1-2H3. The van der Waals surface area contributed by atoms with Crippen LogP contribution < -0.4 is 9.62 Å². The normalized spacial score (nSPS) is 11.2. The third kappa shape index (κ3) is 4.16. The van der Waals surface area contributed by atoms with Crippen molar-refractivity contribution in [3.8, 4) is 0 Å². The molecule has 0 bridgehead atoms. The fraction of sp³-hybridized carbons (Fsp3) is 0.214. The number of halogens is 1. The highest BCUT2D eigenvalue weighted by atomic mass is 32.2. The fourth-order valence-corrected chi connectivity index (χ4v) is 3.03. The van der Waals surface area contributed by atoms with E-state index in [1.165, 1.54) is 24.3 Å². The molecule has 0 atom stereocenters. The van der Waals surface area contributed by atoms with Crippen LogP contribution in [0.3, 0.4) is 0 Å². The van der Waals surface area contributed by atoms with Gasteiger partial charge in [0.15, 0.2) is 5.82 Å². The number of nitrogens with one attached hydrogen (secondary N) is 1. The van der Waals surface area contributed by atoms with E-state index < -0.39 is 15.8 Å². The summed E-state index contributed by atoms with van der Waals surface area (Å²) in [6, 6.07) is 8.67. The van der Waals surface area contributed by atoms with Crippen LogP contribution >= 0.6 is 0 Å². The fourth-order valence-electron chi connectivity index (χ4n) is 1.84. The molecule has 2 aromatic rings. The molecule has 1 N–H and O–H groups in total. The summed E-state index contributed by atoms with van der Waals surface area (Å²) in [7, 11) is -0.0399. The van der Waals surface area contributed by atoms with E-state index in [-0.39, 0.29) is 5.75 Å². The van der Waals surface area contributed by atoms with Crippen LogP contribution in [0.5, 0.6) is 0 Å². The molecule has 0 unspecified atom stereocenters. The molecular formula is C14H16FN3O2S. The number of pyridine rings is 1. The molecule has 21 heavy (non-hydrogen) atoms. The van der Waals surface area contributed by atoms with Crippen molar-refractivity contribution in [2.75, 3.05) is 23.7 Å². The second-order valence-corrected chi connectivity index (χ2v) is 6.48. The smallest absolute Gasteiger partial charge is 0.237 e. The quantitative estimate of drug-likeness (QED) is 0.920. The van der Waals surface area contributed by atoms with Gasteiger partial charge in [-0.1, -0.05) is 12.1 Å². The molecule has 0 aliphatic heterocycles. The van der Waals surface area contributed by atoms with Gasteiger partial charge in [0.05, 0.1) is 11.4 Å². The summed E-state index contributed by atoms with van der Waals surface area (Å²) in [6.45, 7) is 0. The Morgan fingerprint density at radius 1 is 1.19 bits per heavy atom. The van der Waals surface area contributed by atoms with Crippen LogP contribution in [0, 0.1) is 5.82 Å². The first kappa shape index (κ1) is 15.2. The van der Waals surface area contributed by atoms with Crippen LogP contribution in [0.4, 0.5) is 15.9 Å². The van der Waals surface area contributed by atoms with E-state index in [4.69, 9.17) is 0 Å². The molecule has 0 spiro atoms. The number of hydrogen-bond acceptors (Lipinski definition) is 4. The number of hydrogen-bond donors (Lipinski definition) is 1. The maximum Gasteiger partial charge on any atom is 0.237 e. The minimum absolute atomic E-state index is 0.227. The van der Waals surface area contributed by atoms with Gasteiger partial charge in [-0.2, -0.15) is 0 Å². The van der Waals surface area contributed by atoms with Gasteiger partial charge in [0, 0.05) is 20.3 Å². The molecule has 1 heterocycles. The van der Waals surface area contributed by atoms with Gasteiger partial charge in [-0.3, -0.25) is 4.72 Å². The van der Waals surface area contributed by atoms with E-state index in [2.05, 4.69) is 9.71 Å². The summed E-state index contributed by atoms with van der Waals surface area (Å²) >= 11 is 0. The highest BCUT2D eigenvalue weighted by Gasteiger charge is 2.15. The monoisotopic (exact) mass is 309 g/mol. The molecule has 0 saturated carbocycles. The van der Waals surface area contributed by atoms with Gasteiger partial charge in [0.1, 0.15) is 5.82 Å². The summed E-state index contributed by atoms with van der Waals surface area (Å²) < 4.78 is 39.7. The third-order valence-electron chi connectivity index (χ3n) is 2.75. The highest BCUT2D eigenvalue weighted by molar-refractivity contribution is 7.91. The van der Waals surface area contributed by atoms with Crippen LogP contribution in [0.1, 0.15) is 5.56 Å². The molecule has 0 amide bonds. The molecule has 0 saturated heterocycles. The van der Waals surface area contributed by atoms with Gasteiger partial charge < -0.3 is 4.90 Å². The van der Waals surface area contributed by atoms with Crippen molar-refractivity contribution in [3.05, 3.63) is 54.0 Å². The Kier molecular flexibility index (Phi) is 4.42. The maximum absolute atomic E-state index is 12.8. The van der Waals surface area contributed by atoms with E-state index in [1.54, 1.807) is 37.3 Å². The van der Waals surface area contributed by atoms with E-state index in [1.807, 2.05) is 0 Å². The second kappa shape index (κ2) is 6.09. The van der Waals surface area contributed by atoms with Crippen LogP contribution in [-0.2, 0) is 15.8 Å². The molecule has 7 heteroatoms. The molecule has 0 radical (unpaired) electrons. The summed E-state index contributed by atoms with van der Waals surface area (Å²) in [5.74, 6) is -0.0962. The lowest BCUT2D eigenvalue weighted by molar-refractivity contribution is 0.600. The minimum Gasteiger partial charge on any atom is -0.361 e. The Hall–Kier alpha value is -2.15. The zero-order chi connectivity index (χ0) is 15.5. The molecule has 1 aromatic carbocycles. The largest absolute Gasteiger partial charge is 0.361 e. The summed E-state index contributed by atoms with van der Waals surface area (Å²) in [5.41, 5.74) is 0.920. The molecule has 2 rings (SSSR count). The maximum atomic E-state index is 12.8. The lowest BCUT2D eigenvalue weighted by Gasteiger charge is -2.17. The van der Waals surface area contributed by atoms with E-state index in [0.29, 0.717) is 17.1 Å². The highest BCUT2D eigenvalue weighted by Crippen LogP contribution is 2.22. The van der Waals surface area contributed by atoms with E-state index in [0.717, 1.165) is 0 Å². The van der Waals surface area contributed by atoms with E-state index >= 15 is 0 Å². The second-order valence-electron chi connectivity index (χ2n) is 4.76. The molecule has 0 aliphatic rings. The van der Waals surface area contributed by atoms with Gasteiger partial charge >= 0.3 is 0 Å². The summed E-state index contributed by atoms with van der Waals surface area (Å²) in [5, 5.41) is 0. The molecular weight excluding hydrogens is 293 g/mol. The van der Waals surface area contributed by atoms with E-state index in [9.17, 15) is 12.8 Å². The lowest BCUT2D eigenvalue weighted by atomic mass is 10.2. The van der Waals surface area contributed by atoms with Gasteiger partial charge in [0.2, 0.25) is 10.0 Å². The van der Waals surface area contributed by atoms with Crippen LogP contribution in [0.25, 0.3) is 0 Å². The molecule has 112 valence electrons. The average molecular weight is 309 g/mol. The van der Waals surface area contributed by atoms with Crippen molar-refractivity contribution in [3.63, 3.8) is 0 Å². The number of aromatic nitrogens is 1. The first-order valence-electron chi connectivity index (χ1n) is 6.25. The van der Waals surface area contributed by atoms with Gasteiger partial charge in [-0.05, 0) is 29.8 Å². The number of rotatable bonds is 5. The predicted octanol–water partition coefficient (Wildman–Crippen LogP) is 2.23. The van der Waals surface area contributed by atoms with Crippen molar-refractivity contribution < 1.29 is 12.8 Å². The number of anilines is 2. The Balaban J connectivity index is 2.20. The Labute approximate surface area is 123 Å². The van der Waals surface area contributed by atoms with Gasteiger partial charge in [0.25, 0.3) is 0 Å². The van der Waals surface area contributed by atoms with Gasteiger partial charge in [-0.15, -0.1) is 0 Å². The first-order chi connectivity index (χ1) is 9.87. The zero-order valence-corrected chi connectivity index (χ0v) is 12.6. The number of benzene rings is 1. The van der Waals surface area contributed by atoms with Crippen molar-refractivity contribution in [1.82, 2.24) is 4.98 Å². The van der Waals surface area contributed by atoms with Crippen LogP contribution in [0.15, 0.2) is 42.6 Å². The molecule has 0 fully saturated rings. The van der Waals surface area contributed by atoms with Crippen molar-refractivity contribution in [1.29, 1.82) is 0 Å². The van der Waals surface area contributed by atoms with Crippen LogP contribution in [0.2, 0.25) is 0 Å². The summed E-state index contributed by atoms with van der Waals surface area (Å²) in [6.07, 6.45) is 1.59. The van der Waals surface area contributed by atoms with Crippen LogP contribution in [-0.4, -0.2) is 27.5 Å². The number of nitrogens with zero attached hydrogens (tertiary/aromatic N) is 2. The van der Waals surface area contributed by atoms with Crippen molar-refractivity contribution >= 4 is 21.5 Å². The Bertz CT molecular complexity index is 715. The molecule has 1 aromatic heterocycles. The predicted molar refractivity (Wildman–Crippen MR) is 81.2 cm³/mol. The zero-order valence-electron chi connectivity index (χ0n) is 11.7. The number of sulfonamides is 1. The third-order valence-corrected chi connectivity index (χ3v) is 3.99. The summed E-state index contributed by atoms with van der Waals surface area (Å²) in [4.78, 5) is 5.85. The Morgan fingerprint density at radius 3 is 2.48 bits per heavy atom. The first-order valence-corrected chi connectivity index (χ1v) is 7.90. The minimum atomic E-state index is -3.60. The van der Waals surface area contributed by atoms with Crippen molar-refractivity contribution in [2.24, 2.45) is 0 Å². The average Bonchev–Trinajstić information content (AvgIpc) is 2.41. The van der Waals surface area contributed by atoms with Crippen molar-refractivity contribution in [2.45, 2.75) is 5.75 Å². The topological polar surface area (TPSA) is 62.3 Å². The van der Waals surface area contributed by atoms with Gasteiger partial charge in [-0.25, -0.2) is 17.8 Å². The lowest BCUT2D eigenvalue weighted by Crippen LogP contribution is -2.19. The Morgan fingerprint density at radius 2 is 1.86 bits per heavy atom.